The number of nitrogens with one attached hydrogen (secondary N) is 1. The number of H-pyrrole nitrogens is 1. The molecule has 4 rings (SSSR count). The van der Waals surface area contributed by atoms with Gasteiger partial charge in [0.05, 0.1) is 13.2 Å². The maximum Gasteiger partial charge on any atom is 0.104 e. The van der Waals surface area contributed by atoms with Crippen molar-refractivity contribution in [1.29, 1.82) is 0 Å². The third-order valence-electron chi connectivity index (χ3n) is 3.84. The monoisotopic (exact) mass is 266 g/mol. The van der Waals surface area contributed by atoms with E-state index in [0.29, 0.717) is 13.2 Å². The predicted octanol–water partition coefficient (Wildman–Crippen LogP) is 2.79. The fourth-order valence-electron chi connectivity index (χ4n) is 2.78. The van der Waals surface area contributed by atoms with Gasteiger partial charge >= 0.3 is 0 Å². The normalized spacial score (nSPS) is 18.1. The van der Waals surface area contributed by atoms with Crippen LogP contribution in [0.4, 0.5) is 0 Å². The summed E-state index contributed by atoms with van der Waals surface area (Å²) in [6.07, 6.45) is 4.93. The van der Waals surface area contributed by atoms with Crippen molar-refractivity contribution < 1.29 is 9.84 Å². The Balaban J connectivity index is 1.91. The second-order valence-corrected chi connectivity index (χ2v) is 5.07. The number of pyridine rings is 1. The molecule has 0 bridgehead atoms. The Kier molecular flexibility index (Phi) is 2.58. The minimum Gasteiger partial charge on any atom is -0.386 e. The molecular weight excluding hydrogens is 252 g/mol. The molecule has 0 radical (unpaired) electrons. The van der Waals surface area contributed by atoms with E-state index in [2.05, 4.69) is 28.2 Å². The number of ether oxygens (including phenoxy) is 1. The highest BCUT2D eigenvalue weighted by Gasteiger charge is 2.22. The molecule has 0 spiro atoms. The van der Waals surface area contributed by atoms with Crippen LogP contribution in [0, 0.1) is 0 Å². The van der Waals surface area contributed by atoms with E-state index in [0.717, 1.165) is 33.2 Å². The number of fused-ring (bicyclic) bond motifs is 2. The molecule has 0 aliphatic carbocycles. The van der Waals surface area contributed by atoms with Gasteiger partial charge in [0.1, 0.15) is 6.10 Å². The van der Waals surface area contributed by atoms with Gasteiger partial charge in [-0.1, -0.05) is 6.07 Å². The van der Waals surface area contributed by atoms with E-state index < -0.39 is 6.10 Å². The fourth-order valence-corrected chi connectivity index (χ4v) is 2.78. The van der Waals surface area contributed by atoms with Crippen molar-refractivity contribution in [3.63, 3.8) is 0 Å². The fraction of sp³-hybridized carbons (Fsp3) is 0.188. The maximum atomic E-state index is 10.0. The number of hydrogen-bond donors (Lipinski definition) is 2. The van der Waals surface area contributed by atoms with Crippen LogP contribution >= 0.6 is 0 Å². The SMILES string of the molecule is OC1COCc2c(-c3ccc4[nH]ccc4c3)cncc21. The molecular formula is C16H14N2O2. The quantitative estimate of drug-likeness (QED) is 0.712. The number of aliphatic hydroxyl groups excluding tert-OH is 1. The van der Waals surface area contributed by atoms with E-state index in [4.69, 9.17) is 4.74 Å². The lowest BCUT2D eigenvalue weighted by atomic mass is 9.94. The van der Waals surface area contributed by atoms with E-state index in [1.165, 1.54) is 0 Å². The molecule has 0 saturated heterocycles. The maximum absolute atomic E-state index is 10.0. The van der Waals surface area contributed by atoms with Crippen molar-refractivity contribution in [1.82, 2.24) is 9.97 Å². The third-order valence-corrected chi connectivity index (χ3v) is 3.84. The molecule has 4 nitrogen and oxygen atoms in total. The van der Waals surface area contributed by atoms with Crippen molar-refractivity contribution in [3.05, 3.63) is 54.0 Å². The van der Waals surface area contributed by atoms with Crippen molar-refractivity contribution in [2.75, 3.05) is 6.61 Å². The molecule has 3 aromatic rings. The number of hydrogen-bond acceptors (Lipinski definition) is 3. The van der Waals surface area contributed by atoms with E-state index in [9.17, 15) is 5.11 Å². The topological polar surface area (TPSA) is 58.1 Å². The van der Waals surface area contributed by atoms with Crippen molar-refractivity contribution >= 4 is 10.9 Å². The summed E-state index contributed by atoms with van der Waals surface area (Å²) in [5, 5.41) is 11.2. The van der Waals surface area contributed by atoms with Gasteiger partial charge in [-0.05, 0) is 34.7 Å². The lowest BCUT2D eigenvalue weighted by Gasteiger charge is -2.23. The summed E-state index contributed by atoms with van der Waals surface area (Å²) >= 11 is 0. The molecule has 4 heteroatoms. The third kappa shape index (κ3) is 1.73. The van der Waals surface area contributed by atoms with Crippen LogP contribution in [-0.2, 0) is 11.3 Å². The summed E-state index contributed by atoms with van der Waals surface area (Å²) in [6.45, 7) is 0.865. The Morgan fingerprint density at radius 2 is 2.20 bits per heavy atom. The molecule has 0 fully saturated rings. The first-order valence-electron chi connectivity index (χ1n) is 6.63. The van der Waals surface area contributed by atoms with E-state index in [1.807, 2.05) is 18.5 Å². The minimum atomic E-state index is -0.581. The molecule has 0 saturated carbocycles. The number of benzene rings is 1. The van der Waals surface area contributed by atoms with Gasteiger partial charge < -0.3 is 14.8 Å². The zero-order valence-electron chi connectivity index (χ0n) is 10.8. The van der Waals surface area contributed by atoms with Crippen LogP contribution in [0.25, 0.3) is 22.0 Å². The van der Waals surface area contributed by atoms with Crippen LogP contribution in [0.15, 0.2) is 42.9 Å². The summed E-state index contributed by atoms with van der Waals surface area (Å²) in [5.74, 6) is 0. The Hall–Kier alpha value is -2.17. The van der Waals surface area contributed by atoms with Gasteiger partial charge in [-0.25, -0.2) is 0 Å². The average molecular weight is 266 g/mol. The first kappa shape index (κ1) is 11.6. The van der Waals surface area contributed by atoms with Crippen molar-refractivity contribution in [2.45, 2.75) is 12.7 Å². The van der Waals surface area contributed by atoms with Crippen molar-refractivity contribution in [3.8, 4) is 11.1 Å². The first-order chi connectivity index (χ1) is 9.83. The van der Waals surface area contributed by atoms with Crippen LogP contribution in [0.3, 0.4) is 0 Å². The summed E-state index contributed by atoms with van der Waals surface area (Å²) in [4.78, 5) is 7.46. The average Bonchev–Trinajstić information content (AvgIpc) is 2.94. The second-order valence-electron chi connectivity index (χ2n) is 5.07. The lowest BCUT2D eigenvalue weighted by molar-refractivity contribution is 0.00981. The summed E-state index contributed by atoms with van der Waals surface area (Å²) in [6, 6.07) is 8.30. The molecule has 3 heterocycles. The van der Waals surface area contributed by atoms with E-state index in [-0.39, 0.29) is 0 Å². The summed E-state index contributed by atoms with van der Waals surface area (Å²) < 4.78 is 5.46. The Bertz CT molecular complexity index is 779. The Labute approximate surface area is 116 Å². The smallest absolute Gasteiger partial charge is 0.104 e. The number of rotatable bonds is 1. The summed E-state index contributed by atoms with van der Waals surface area (Å²) in [5.41, 5.74) is 5.16. The van der Waals surface area contributed by atoms with Crippen LogP contribution < -0.4 is 0 Å². The zero-order valence-corrected chi connectivity index (χ0v) is 10.8. The first-order valence-corrected chi connectivity index (χ1v) is 6.63. The van der Waals surface area contributed by atoms with Gasteiger partial charge in [0.15, 0.2) is 0 Å². The van der Waals surface area contributed by atoms with Crippen LogP contribution in [0.5, 0.6) is 0 Å². The lowest BCUT2D eigenvalue weighted by Crippen LogP contribution is -2.17. The highest BCUT2D eigenvalue weighted by molar-refractivity contribution is 5.85. The zero-order chi connectivity index (χ0) is 13.5. The molecule has 20 heavy (non-hydrogen) atoms. The standard InChI is InChI=1S/C16H14N2O2/c19-16-9-20-8-14-12(6-17-7-13(14)16)10-1-2-15-11(5-10)3-4-18-15/h1-7,16,18-19H,8-9H2. The highest BCUT2D eigenvalue weighted by atomic mass is 16.5. The highest BCUT2D eigenvalue weighted by Crippen LogP contribution is 2.33. The van der Waals surface area contributed by atoms with Crippen LogP contribution in [-0.4, -0.2) is 21.7 Å². The molecule has 0 amide bonds. The van der Waals surface area contributed by atoms with E-state index >= 15 is 0 Å². The predicted molar refractivity (Wildman–Crippen MR) is 76.1 cm³/mol. The Morgan fingerprint density at radius 3 is 3.15 bits per heavy atom. The molecule has 1 atom stereocenters. The molecule has 1 aliphatic heterocycles. The minimum absolute atomic E-state index is 0.342. The van der Waals surface area contributed by atoms with Gasteiger partial charge in [0.25, 0.3) is 0 Å². The molecule has 100 valence electrons. The van der Waals surface area contributed by atoms with Crippen molar-refractivity contribution in [2.24, 2.45) is 0 Å². The van der Waals surface area contributed by atoms with Crippen LogP contribution in [0.2, 0.25) is 0 Å². The van der Waals surface area contributed by atoms with Gasteiger partial charge in [-0.2, -0.15) is 0 Å². The van der Waals surface area contributed by atoms with Gasteiger partial charge in [-0.3, -0.25) is 4.98 Å². The largest absolute Gasteiger partial charge is 0.386 e. The second kappa shape index (κ2) is 4.44. The molecule has 2 aromatic heterocycles. The van der Waals surface area contributed by atoms with E-state index in [1.54, 1.807) is 6.20 Å². The Morgan fingerprint density at radius 1 is 1.25 bits per heavy atom. The molecule has 2 N–H and O–H groups in total. The number of nitrogens with zero attached hydrogens (tertiary/aromatic N) is 1. The molecule has 1 aromatic carbocycles. The number of aliphatic hydroxyl groups is 1. The van der Waals surface area contributed by atoms with Gasteiger partial charge in [-0.15, -0.1) is 0 Å². The molecule has 1 aliphatic rings. The molecule has 1 unspecified atom stereocenters. The number of aromatic nitrogens is 2. The van der Waals surface area contributed by atoms with Gasteiger partial charge in [0, 0.05) is 35.2 Å². The summed E-state index contributed by atoms with van der Waals surface area (Å²) in [7, 11) is 0. The van der Waals surface area contributed by atoms with Crippen LogP contribution in [0.1, 0.15) is 17.2 Å². The number of aromatic amines is 1. The van der Waals surface area contributed by atoms with Gasteiger partial charge in [0.2, 0.25) is 0 Å².